The molecule has 0 bridgehead atoms. The molecular formula is C140H89N5O. The van der Waals surface area contributed by atoms with Gasteiger partial charge in [0.1, 0.15) is 11.2 Å². The zero-order valence-corrected chi connectivity index (χ0v) is 79.5. The van der Waals surface area contributed by atoms with Crippen LogP contribution in [0.5, 0.6) is 0 Å². The quantitative estimate of drug-likeness (QED) is 0.115. The summed E-state index contributed by atoms with van der Waals surface area (Å²) in [6, 6.07) is 199. The number of hydrogen-bond donors (Lipinski definition) is 0. The van der Waals surface area contributed by atoms with Crippen molar-refractivity contribution in [3.05, 3.63) is 584 Å². The van der Waals surface area contributed by atoms with Crippen LogP contribution in [0.25, 0.3) is 193 Å². The minimum Gasteiger partial charge on any atom is -0.456 e. The second kappa shape index (κ2) is 32.7. The van der Waals surface area contributed by atoms with Crippen molar-refractivity contribution in [3.63, 3.8) is 0 Å². The van der Waals surface area contributed by atoms with E-state index in [0.29, 0.717) is 0 Å². The van der Waals surface area contributed by atoms with Gasteiger partial charge in [-0.3, -0.25) is 0 Å². The molecule has 2 atom stereocenters. The summed E-state index contributed by atoms with van der Waals surface area (Å²) in [6.45, 7) is 0. The Bertz CT molecular complexity index is 10000. The average molecular weight is 1860 g/mol. The molecule has 2 aliphatic carbocycles. The molecule has 23 aromatic carbocycles. The fourth-order valence-corrected chi connectivity index (χ4v) is 25.7. The lowest BCUT2D eigenvalue weighted by molar-refractivity contribution is 0.669. The van der Waals surface area contributed by atoms with Crippen molar-refractivity contribution in [1.29, 1.82) is 0 Å². The van der Waals surface area contributed by atoms with Gasteiger partial charge in [0.2, 0.25) is 0 Å². The number of hydrogen-bond acceptors (Lipinski definition) is 3. The smallest absolute Gasteiger partial charge is 0.136 e. The zero-order chi connectivity index (χ0) is 95.8. The van der Waals surface area contributed by atoms with Crippen LogP contribution in [-0.4, -0.2) is 13.7 Å². The molecule has 680 valence electrons. The number of para-hydroxylation sites is 11. The molecule has 27 aromatic rings. The largest absolute Gasteiger partial charge is 0.456 e. The van der Waals surface area contributed by atoms with Crippen molar-refractivity contribution in [2.24, 2.45) is 0 Å². The highest BCUT2D eigenvalue weighted by Gasteiger charge is 2.54. The third-order valence-corrected chi connectivity index (χ3v) is 31.8. The Hall–Kier alpha value is -19.1. The van der Waals surface area contributed by atoms with Crippen LogP contribution in [-0.2, 0) is 10.8 Å². The first-order valence-corrected chi connectivity index (χ1v) is 50.5. The van der Waals surface area contributed by atoms with Crippen molar-refractivity contribution in [3.8, 4) is 106 Å². The molecule has 2 aliphatic heterocycles. The number of fused-ring (bicyclic) bond motifs is 30. The van der Waals surface area contributed by atoms with E-state index < -0.39 is 10.8 Å². The third-order valence-electron chi connectivity index (χ3n) is 31.8. The third kappa shape index (κ3) is 12.2. The van der Waals surface area contributed by atoms with E-state index in [-0.39, 0.29) is 0 Å². The molecule has 0 amide bonds. The highest BCUT2D eigenvalue weighted by Crippen LogP contribution is 2.67. The minimum absolute atomic E-state index is 0.583. The van der Waals surface area contributed by atoms with Gasteiger partial charge in [-0.2, -0.15) is 0 Å². The van der Waals surface area contributed by atoms with Crippen LogP contribution < -0.4 is 9.80 Å². The van der Waals surface area contributed by atoms with E-state index in [1.54, 1.807) is 0 Å². The predicted molar refractivity (Wildman–Crippen MR) is 607 cm³/mol. The molecular weight excluding hydrogens is 1770 g/mol. The van der Waals surface area contributed by atoms with E-state index in [2.05, 4.69) is 551 Å². The monoisotopic (exact) mass is 1860 g/mol. The lowest BCUT2D eigenvalue weighted by Crippen LogP contribution is -2.33. The molecule has 6 heteroatoms. The predicted octanol–water partition coefficient (Wildman–Crippen LogP) is 36.9. The highest BCUT2D eigenvalue weighted by atomic mass is 16.3. The van der Waals surface area contributed by atoms with E-state index >= 15 is 0 Å². The van der Waals surface area contributed by atoms with E-state index in [9.17, 15) is 0 Å². The Balaban J connectivity index is 0.000000136. The maximum atomic E-state index is 6.36. The molecule has 31 rings (SSSR count). The summed E-state index contributed by atoms with van der Waals surface area (Å²) in [5, 5.41) is 9.84. The van der Waals surface area contributed by atoms with E-state index in [4.69, 9.17) is 4.42 Å². The zero-order valence-electron chi connectivity index (χ0n) is 79.5. The summed E-state index contributed by atoms with van der Waals surface area (Å²) < 4.78 is 13.8. The van der Waals surface area contributed by atoms with Crippen LogP contribution in [0.1, 0.15) is 44.5 Å². The van der Waals surface area contributed by atoms with Gasteiger partial charge in [-0.15, -0.1) is 0 Å². The van der Waals surface area contributed by atoms with Crippen LogP contribution in [0.2, 0.25) is 0 Å². The molecule has 6 nitrogen and oxygen atoms in total. The van der Waals surface area contributed by atoms with Gasteiger partial charge in [-0.25, -0.2) is 0 Å². The first-order chi connectivity index (χ1) is 72.5. The van der Waals surface area contributed by atoms with Gasteiger partial charge in [-0.1, -0.05) is 419 Å². The number of anilines is 6. The molecule has 0 radical (unpaired) electrons. The topological polar surface area (TPSA) is 34.4 Å². The van der Waals surface area contributed by atoms with Gasteiger partial charge in [-0.05, 0) is 233 Å². The summed E-state index contributed by atoms with van der Waals surface area (Å²) in [4.78, 5) is 5.04. The van der Waals surface area contributed by atoms with Crippen molar-refractivity contribution in [2.75, 3.05) is 9.80 Å². The summed E-state index contributed by atoms with van der Waals surface area (Å²) in [7, 11) is 0. The maximum Gasteiger partial charge on any atom is 0.136 e. The van der Waals surface area contributed by atoms with Crippen molar-refractivity contribution >= 4 is 121 Å². The van der Waals surface area contributed by atoms with Crippen molar-refractivity contribution < 1.29 is 4.42 Å². The molecule has 146 heavy (non-hydrogen) atoms. The number of rotatable bonds is 13. The van der Waals surface area contributed by atoms with Crippen molar-refractivity contribution in [2.45, 2.75) is 10.8 Å². The normalized spacial score (nSPS) is 14.2. The molecule has 2 unspecified atom stereocenters. The standard InChI is InChI=1S/C73H47N3.C67H42N2O/c1-3-19-48(20-4-1)49-37-39-51(40-38-49)55-23-8-13-32-65(55)75(54-44-41-50(42-45-54)52-43-46-68-60(47-52)57-25-10-14-33-66(57)74(68)53-21-5-2-6-22-53)70-36-18-30-63-71(70)59-26-7-11-28-61(59)73(63)62-29-12-16-35-69(62)76-67-34-15-9-24-56(67)58-27-17-31-64(73)72(58)76;1-2-16-43(17-3-1)44-32-34-46(35-33-44)49-18-5-10-27-59(49)68(48-39-36-45(37-40-48)47-38-41-52-51-20-7-13-31-63(51)70-64(52)42-47)62-30-15-25-57-65(62)54-21-4-8-23-55(54)67(57)56-24-9-12-29-61(56)69-60-28-11-6-19-50(60)53-22-14-26-58(67)66(53)69/h1-47H;1-42H. The van der Waals surface area contributed by atoms with Crippen LogP contribution in [0.3, 0.4) is 0 Å². The SMILES string of the molecule is c1ccc(-c2ccc(-c3ccccc3N(c3ccc(-c4ccc5c(c4)c4ccccc4n5-c4ccccc4)cc3)c3cccc4c3-c3ccccc3C43c4ccccc4-n4c5ccccc5c5cccc3c54)cc2)cc1.c1ccc(-c2ccc(-c3ccccc3N(c3ccc(-c4ccc5c(c4)oc4ccccc45)cc3)c3cccc4c3-c3ccccc3C43c4ccccc4-n4c5ccccc5c5cccc3c54)cc2)cc1. The minimum atomic E-state index is -0.590. The summed E-state index contributed by atoms with van der Waals surface area (Å²) in [6.07, 6.45) is 0. The first kappa shape index (κ1) is 82.7. The fourth-order valence-electron chi connectivity index (χ4n) is 25.7. The van der Waals surface area contributed by atoms with Gasteiger partial charge in [0, 0.05) is 82.4 Å². The number of nitrogens with zero attached hydrogens (tertiary/aromatic N) is 5. The Morgan fingerprint density at radius 2 is 0.486 bits per heavy atom. The Morgan fingerprint density at radius 3 is 0.986 bits per heavy atom. The van der Waals surface area contributed by atoms with Gasteiger partial charge in [0.15, 0.2) is 0 Å². The second-order valence-corrected chi connectivity index (χ2v) is 39.0. The molecule has 4 aliphatic rings. The number of benzene rings is 23. The Morgan fingerprint density at radius 1 is 0.171 bits per heavy atom. The fraction of sp³-hybridized carbons (Fsp3) is 0.0143. The molecule has 6 heterocycles. The van der Waals surface area contributed by atoms with Gasteiger partial charge in [0.05, 0.1) is 78.1 Å². The van der Waals surface area contributed by atoms with E-state index in [1.165, 1.54) is 171 Å². The molecule has 0 N–H and O–H groups in total. The molecule has 4 aromatic heterocycles. The van der Waals surface area contributed by atoms with E-state index in [1.807, 2.05) is 12.1 Å². The van der Waals surface area contributed by atoms with Crippen LogP contribution in [0.4, 0.5) is 34.1 Å². The van der Waals surface area contributed by atoms with Gasteiger partial charge < -0.3 is 27.9 Å². The summed E-state index contributed by atoms with van der Waals surface area (Å²) in [5.41, 5.74) is 47.6. The Kier molecular flexibility index (Phi) is 18.5. The number of furan rings is 1. The first-order valence-electron chi connectivity index (χ1n) is 50.5. The summed E-state index contributed by atoms with van der Waals surface area (Å²) in [5.74, 6) is 0. The molecule has 0 saturated heterocycles. The molecule has 2 spiro atoms. The average Bonchev–Trinajstić information content (AvgIpc) is 1.50. The lowest BCUT2D eigenvalue weighted by atomic mass is 9.65. The van der Waals surface area contributed by atoms with Crippen LogP contribution >= 0.6 is 0 Å². The maximum absolute atomic E-state index is 6.36. The van der Waals surface area contributed by atoms with E-state index in [0.717, 1.165) is 101 Å². The van der Waals surface area contributed by atoms with Crippen LogP contribution in [0, 0.1) is 0 Å². The van der Waals surface area contributed by atoms with Gasteiger partial charge in [0.25, 0.3) is 0 Å². The number of aromatic nitrogens is 3. The molecule has 0 saturated carbocycles. The lowest BCUT2D eigenvalue weighted by Gasteiger charge is -2.39. The van der Waals surface area contributed by atoms with Crippen LogP contribution in [0.15, 0.2) is 544 Å². The van der Waals surface area contributed by atoms with Crippen molar-refractivity contribution in [1.82, 2.24) is 13.7 Å². The Labute approximate surface area is 844 Å². The second-order valence-electron chi connectivity index (χ2n) is 39.0. The highest BCUT2D eigenvalue weighted by molar-refractivity contribution is 6.17. The summed E-state index contributed by atoms with van der Waals surface area (Å²) >= 11 is 0. The molecule has 0 fully saturated rings. The van der Waals surface area contributed by atoms with Gasteiger partial charge >= 0.3 is 0 Å².